The van der Waals surface area contributed by atoms with E-state index in [4.69, 9.17) is 4.74 Å². The highest BCUT2D eigenvalue weighted by molar-refractivity contribution is 5.97. The Morgan fingerprint density at radius 2 is 2.20 bits per heavy atom. The minimum Gasteiger partial charge on any atom is -0.488 e. The van der Waals surface area contributed by atoms with Crippen LogP contribution in [0.15, 0.2) is 30.9 Å². The van der Waals surface area contributed by atoms with Crippen molar-refractivity contribution in [1.29, 1.82) is 0 Å². The molecular weight excluding hydrogens is 264 g/mol. The van der Waals surface area contributed by atoms with Gasteiger partial charge in [0.2, 0.25) is 0 Å². The quantitative estimate of drug-likeness (QED) is 0.719. The van der Waals surface area contributed by atoms with Crippen LogP contribution in [0.4, 0.5) is 8.78 Å². The number of benzene rings is 1. The maximum absolute atomic E-state index is 12.5. The zero-order valence-electron chi connectivity index (χ0n) is 11.7. The van der Waals surface area contributed by atoms with E-state index in [1.54, 1.807) is 38.1 Å². The van der Waals surface area contributed by atoms with Gasteiger partial charge < -0.3 is 9.64 Å². The molecule has 1 aromatic rings. The Morgan fingerprint density at radius 1 is 1.50 bits per heavy atom. The first kappa shape index (κ1) is 16.1. The van der Waals surface area contributed by atoms with Crippen LogP contribution in [-0.2, 0) is 0 Å². The Labute approximate surface area is 117 Å². The second-order valence-electron chi connectivity index (χ2n) is 4.29. The van der Waals surface area contributed by atoms with E-state index in [1.165, 1.54) is 0 Å². The van der Waals surface area contributed by atoms with Crippen molar-refractivity contribution in [2.75, 3.05) is 19.7 Å². The number of amides is 1. The van der Waals surface area contributed by atoms with E-state index in [9.17, 15) is 13.6 Å². The number of para-hydroxylation sites is 1. The van der Waals surface area contributed by atoms with Gasteiger partial charge in [-0.2, -0.15) is 0 Å². The minimum atomic E-state index is -2.55. The summed E-state index contributed by atoms with van der Waals surface area (Å²) in [4.78, 5) is 13.4. The maximum Gasteiger partial charge on any atom is 0.257 e. The fourth-order valence-corrected chi connectivity index (χ4v) is 1.85. The molecule has 0 aliphatic rings. The summed E-state index contributed by atoms with van der Waals surface area (Å²) >= 11 is 0. The van der Waals surface area contributed by atoms with Crippen LogP contribution in [0.3, 0.4) is 0 Å². The summed E-state index contributed by atoms with van der Waals surface area (Å²) in [6.07, 6.45) is -0.987. The van der Waals surface area contributed by atoms with Crippen molar-refractivity contribution in [3.63, 3.8) is 0 Å². The maximum atomic E-state index is 12.5. The van der Waals surface area contributed by atoms with Crippen LogP contribution in [-0.4, -0.2) is 36.9 Å². The van der Waals surface area contributed by atoms with Gasteiger partial charge in [-0.05, 0) is 25.5 Å². The molecule has 0 unspecified atom stereocenters. The van der Waals surface area contributed by atoms with Gasteiger partial charge in [0.05, 0.1) is 12.1 Å². The molecule has 0 fully saturated rings. The summed E-state index contributed by atoms with van der Waals surface area (Å²) in [6, 6.07) is 5.10. The van der Waals surface area contributed by atoms with Crippen molar-refractivity contribution in [3.8, 4) is 5.75 Å². The summed E-state index contributed by atoms with van der Waals surface area (Å²) < 4.78 is 30.5. The third kappa shape index (κ3) is 4.05. The number of carbonyl (C=O) groups is 1. The highest BCUT2D eigenvalue weighted by Gasteiger charge is 2.22. The molecule has 0 bridgehead atoms. The van der Waals surface area contributed by atoms with Crippen LogP contribution >= 0.6 is 0 Å². The molecule has 1 amide bonds. The van der Waals surface area contributed by atoms with E-state index in [0.29, 0.717) is 11.3 Å². The number of alkyl halides is 2. The van der Waals surface area contributed by atoms with Crippen LogP contribution in [0, 0.1) is 6.92 Å². The van der Waals surface area contributed by atoms with Crippen molar-refractivity contribution < 1.29 is 18.3 Å². The molecule has 0 radical (unpaired) electrons. The third-order valence-electron chi connectivity index (χ3n) is 2.82. The van der Waals surface area contributed by atoms with E-state index in [0.717, 1.165) is 10.5 Å². The van der Waals surface area contributed by atoms with Gasteiger partial charge in [-0.25, -0.2) is 8.78 Å². The van der Waals surface area contributed by atoms with Gasteiger partial charge in [0, 0.05) is 6.54 Å². The summed E-state index contributed by atoms with van der Waals surface area (Å²) in [6.45, 7) is 6.92. The SMILES string of the molecule is C=CCOc1c(C)cccc1C(=O)N(CC)CC(F)F. The fraction of sp³-hybridized carbons (Fsp3) is 0.400. The van der Waals surface area contributed by atoms with Gasteiger partial charge in [-0.3, -0.25) is 4.79 Å². The molecule has 1 rings (SSSR count). The van der Waals surface area contributed by atoms with E-state index in [1.807, 2.05) is 0 Å². The van der Waals surface area contributed by atoms with Crippen molar-refractivity contribution in [2.24, 2.45) is 0 Å². The molecule has 0 aromatic heterocycles. The molecule has 0 aliphatic heterocycles. The average molecular weight is 283 g/mol. The smallest absolute Gasteiger partial charge is 0.257 e. The molecule has 0 aliphatic carbocycles. The molecule has 0 saturated heterocycles. The Kier molecular flexibility index (Phi) is 6.15. The summed E-state index contributed by atoms with van der Waals surface area (Å²) in [5.41, 5.74) is 1.08. The topological polar surface area (TPSA) is 29.5 Å². The normalized spacial score (nSPS) is 10.4. The van der Waals surface area contributed by atoms with Crippen LogP contribution in [0.5, 0.6) is 5.75 Å². The lowest BCUT2D eigenvalue weighted by Crippen LogP contribution is -2.35. The van der Waals surface area contributed by atoms with Gasteiger partial charge in [0.25, 0.3) is 12.3 Å². The fourth-order valence-electron chi connectivity index (χ4n) is 1.85. The second-order valence-corrected chi connectivity index (χ2v) is 4.29. The number of ether oxygens (including phenoxy) is 1. The summed E-state index contributed by atoms with van der Waals surface area (Å²) in [5, 5.41) is 0. The number of rotatable bonds is 7. The van der Waals surface area contributed by atoms with Crippen molar-refractivity contribution in [1.82, 2.24) is 4.90 Å². The Morgan fingerprint density at radius 3 is 2.75 bits per heavy atom. The first-order valence-corrected chi connectivity index (χ1v) is 6.42. The number of nitrogens with zero attached hydrogens (tertiary/aromatic N) is 1. The molecule has 0 heterocycles. The molecular formula is C15H19F2NO2. The number of carbonyl (C=O) groups excluding carboxylic acids is 1. The van der Waals surface area contributed by atoms with Crippen molar-refractivity contribution in [3.05, 3.63) is 42.0 Å². The number of hydrogen-bond acceptors (Lipinski definition) is 2. The third-order valence-corrected chi connectivity index (χ3v) is 2.82. The number of hydrogen-bond donors (Lipinski definition) is 0. The Balaban J connectivity index is 3.07. The highest BCUT2D eigenvalue weighted by Crippen LogP contribution is 2.25. The zero-order chi connectivity index (χ0) is 15.1. The van der Waals surface area contributed by atoms with Gasteiger partial charge in [-0.1, -0.05) is 24.8 Å². The molecule has 0 atom stereocenters. The molecule has 0 N–H and O–H groups in total. The largest absolute Gasteiger partial charge is 0.488 e. The van der Waals surface area contributed by atoms with Gasteiger partial charge in [-0.15, -0.1) is 0 Å². The molecule has 20 heavy (non-hydrogen) atoms. The predicted octanol–water partition coefficient (Wildman–Crippen LogP) is 3.29. The van der Waals surface area contributed by atoms with Crippen LogP contribution in [0.25, 0.3) is 0 Å². The molecule has 1 aromatic carbocycles. The van der Waals surface area contributed by atoms with E-state index in [2.05, 4.69) is 6.58 Å². The predicted molar refractivity (Wildman–Crippen MR) is 74.5 cm³/mol. The number of halogens is 2. The van der Waals surface area contributed by atoms with E-state index in [-0.39, 0.29) is 13.2 Å². The molecule has 0 spiro atoms. The van der Waals surface area contributed by atoms with Crippen LogP contribution in [0.2, 0.25) is 0 Å². The summed E-state index contributed by atoms with van der Waals surface area (Å²) in [7, 11) is 0. The van der Waals surface area contributed by atoms with Gasteiger partial charge in [0.1, 0.15) is 12.4 Å². The Hall–Kier alpha value is -1.91. The molecule has 0 saturated carbocycles. The first-order valence-electron chi connectivity index (χ1n) is 6.42. The van der Waals surface area contributed by atoms with E-state index < -0.39 is 18.9 Å². The number of aryl methyl sites for hydroxylation is 1. The lowest BCUT2D eigenvalue weighted by Gasteiger charge is -2.22. The van der Waals surface area contributed by atoms with Crippen molar-refractivity contribution in [2.45, 2.75) is 20.3 Å². The molecule has 110 valence electrons. The Bertz CT molecular complexity index is 475. The molecule has 5 heteroatoms. The molecule has 3 nitrogen and oxygen atoms in total. The van der Waals surface area contributed by atoms with Crippen molar-refractivity contribution >= 4 is 5.91 Å². The monoisotopic (exact) mass is 283 g/mol. The van der Waals surface area contributed by atoms with E-state index >= 15 is 0 Å². The zero-order valence-corrected chi connectivity index (χ0v) is 11.7. The lowest BCUT2D eigenvalue weighted by atomic mass is 10.1. The minimum absolute atomic E-state index is 0.220. The average Bonchev–Trinajstić information content (AvgIpc) is 2.42. The standard InChI is InChI=1S/C15H19F2NO2/c1-4-9-20-14-11(3)7-6-8-12(14)15(19)18(5-2)10-13(16)17/h4,6-8,13H,1,5,9-10H2,2-3H3. The lowest BCUT2D eigenvalue weighted by molar-refractivity contribution is 0.0565. The van der Waals surface area contributed by atoms with Crippen LogP contribution < -0.4 is 4.74 Å². The van der Waals surface area contributed by atoms with Gasteiger partial charge >= 0.3 is 0 Å². The van der Waals surface area contributed by atoms with Crippen LogP contribution in [0.1, 0.15) is 22.8 Å². The summed E-state index contributed by atoms with van der Waals surface area (Å²) in [5.74, 6) is -0.0271. The first-order chi connectivity index (χ1) is 9.51. The van der Waals surface area contributed by atoms with Gasteiger partial charge in [0.15, 0.2) is 0 Å². The second kappa shape index (κ2) is 7.62. The highest BCUT2D eigenvalue weighted by atomic mass is 19.3.